The molecule has 33 heavy (non-hydrogen) atoms. The summed E-state index contributed by atoms with van der Waals surface area (Å²) < 4.78 is 0. The maximum Gasteiger partial charge on any atom is 0.138 e. The summed E-state index contributed by atoms with van der Waals surface area (Å²) in [5.74, 6) is 1.63. The molecule has 4 heteroatoms. The van der Waals surface area contributed by atoms with Crippen molar-refractivity contribution in [1.29, 1.82) is 0 Å². The van der Waals surface area contributed by atoms with Gasteiger partial charge >= 0.3 is 0 Å². The first kappa shape index (κ1) is 21.8. The van der Waals surface area contributed by atoms with Crippen LogP contribution in [0.3, 0.4) is 0 Å². The summed E-state index contributed by atoms with van der Waals surface area (Å²) in [7, 11) is 0. The van der Waals surface area contributed by atoms with Crippen LogP contribution in [-0.2, 0) is 0 Å². The van der Waals surface area contributed by atoms with E-state index in [9.17, 15) is 0 Å². The monoisotopic (exact) mass is 430 g/mol. The molecule has 2 heterocycles. The Morgan fingerprint density at radius 1 is 0.667 bits per heavy atom. The molecule has 0 unspecified atom stereocenters. The highest BCUT2D eigenvalue weighted by Crippen LogP contribution is 2.35. The summed E-state index contributed by atoms with van der Waals surface area (Å²) in [6, 6.07) is 30.5. The number of aromatic nitrogens is 2. The van der Waals surface area contributed by atoms with E-state index in [4.69, 9.17) is 0 Å². The second-order valence-electron chi connectivity index (χ2n) is 7.33. The van der Waals surface area contributed by atoms with E-state index in [2.05, 4.69) is 70.8 Å². The normalized spacial score (nSPS) is 11.4. The van der Waals surface area contributed by atoms with Gasteiger partial charge in [-0.05, 0) is 73.7 Å². The van der Waals surface area contributed by atoms with Crippen LogP contribution < -0.4 is 9.80 Å². The Morgan fingerprint density at radius 2 is 1.21 bits per heavy atom. The van der Waals surface area contributed by atoms with Crippen molar-refractivity contribution in [2.24, 2.45) is 0 Å². The van der Waals surface area contributed by atoms with Gasteiger partial charge in [0.15, 0.2) is 0 Å². The van der Waals surface area contributed by atoms with Crippen LogP contribution in [0, 0.1) is 0 Å². The Balaban J connectivity index is 1.74. The number of para-hydroxylation sites is 1. The molecular weight excluding hydrogens is 404 g/mol. The summed E-state index contributed by atoms with van der Waals surface area (Å²) in [6.45, 7) is 5.85. The van der Waals surface area contributed by atoms with E-state index in [0.717, 1.165) is 34.4 Å². The highest BCUT2D eigenvalue weighted by atomic mass is 15.2. The van der Waals surface area contributed by atoms with Gasteiger partial charge < -0.3 is 4.90 Å². The van der Waals surface area contributed by atoms with Crippen LogP contribution in [0.4, 0.5) is 28.7 Å². The molecule has 2 aromatic heterocycles. The first-order chi connectivity index (χ1) is 16.3. The molecule has 4 rings (SSSR count). The standard InChI is InChI=1S/C29H26N4/c1-3-4-6-13-24(2)32(25-14-7-5-8-15-25)26-18-20-27(21-19-26)33(28-16-9-11-22-30-28)29-17-10-12-23-31-29/h3-23H,1H2,2H3/b6-4-,24-13+. The van der Waals surface area contributed by atoms with E-state index in [1.807, 2.05) is 71.6 Å². The lowest BCUT2D eigenvalue weighted by Gasteiger charge is -2.27. The third-order valence-corrected chi connectivity index (χ3v) is 5.07. The zero-order chi connectivity index (χ0) is 22.9. The molecule has 4 aromatic rings. The lowest BCUT2D eigenvalue weighted by molar-refractivity contribution is 1.12. The summed E-state index contributed by atoms with van der Waals surface area (Å²) in [4.78, 5) is 13.4. The van der Waals surface area contributed by atoms with E-state index < -0.39 is 0 Å². The maximum atomic E-state index is 4.56. The smallest absolute Gasteiger partial charge is 0.138 e. The molecule has 0 aliphatic rings. The van der Waals surface area contributed by atoms with E-state index in [1.54, 1.807) is 18.5 Å². The molecule has 0 radical (unpaired) electrons. The molecule has 0 saturated carbocycles. The Kier molecular flexibility index (Phi) is 7.08. The molecule has 162 valence electrons. The van der Waals surface area contributed by atoms with Crippen molar-refractivity contribution in [3.05, 3.63) is 140 Å². The minimum atomic E-state index is 0.814. The highest BCUT2D eigenvalue weighted by Gasteiger charge is 2.16. The zero-order valence-electron chi connectivity index (χ0n) is 18.6. The number of anilines is 5. The van der Waals surface area contributed by atoms with Crippen molar-refractivity contribution >= 4 is 28.7 Å². The van der Waals surface area contributed by atoms with E-state index in [0.29, 0.717) is 0 Å². The SMILES string of the molecule is C=C/C=C\C=C(/C)N(c1ccccc1)c1ccc(N(c2ccccn2)c2ccccn2)cc1. The van der Waals surface area contributed by atoms with Crippen molar-refractivity contribution in [2.45, 2.75) is 6.92 Å². The number of benzene rings is 2. The van der Waals surface area contributed by atoms with Crippen molar-refractivity contribution in [3.8, 4) is 0 Å². The molecular formula is C29H26N4. The van der Waals surface area contributed by atoms with Crippen LogP contribution in [0.1, 0.15) is 6.92 Å². The van der Waals surface area contributed by atoms with Gasteiger partial charge in [0.2, 0.25) is 0 Å². The maximum absolute atomic E-state index is 4.56. The minimum Gasteiger partial charge on any atom is -0.315 e. The Bertz CT molecular complexity index is 1180. The Labute approximate surface area is 195 Å². The third kappa shape index (κ3) is 5.25. The van der Waals surface area contributed by atoms with Gasteiger partial charge in [-0.3, -0.25) is 4.90 Å². The number of hydrogen-bond donors (Lipinski definition) is 0. The molecule has 4 nitrogen and oxygen atoms in total. The predicted octanol–water partition coefficient (Wildman–Crippen LogP) is 7.73. The van der Waals surface area contributed by atoms with E-state index in [1.165, 1.54) is 0 Å². The largest absolute Gasteiger partial charge is 0.315 e. The van der Waals surface area contributed by atoms with Crippen molar-refractivity contribution in [3.63, 3.8) is 0 Å². The van der Waals surface area contributed by atoms with E-state index in [-0.39, 0.29) is 0 Å². The van der Waals surface area contributed by atoms with Gasteiger partial charge in [0.25, 0.3) is 0 Å². The highest BCUT2D eigenvalue weighted by molar-refractivity contribution is 5.75. The van der Waals surface area contributed by atoms with Crippen molar-refractivity contribution in [1.82, 2.24) is 9.97 Å². The van der Waals surface area contributed by atoms with Crippen LogP contribution in [0.15, 0.2) is 140 Å². The molecule has 2 aromatic carbocycles. The topological polar surface area (TPSA) is 32.3 Å². The fraction of sp³-hybridized carbons (Fsp3) is 0.0345. The number of allylic oxidation sites excluding steroid dienone is 5. The van der Waals surface area contributed by atoms with Crippen molar-refractivity contribution < 1.29 is 0 Å². The van der Waals surface area contributed by atoms with Gasteiger partial charge in [0.05, 0.1) is 0 Å². The minimum absolute atomic E-state index is 0.814. The predicted molar refractivity (Wildman–Crippen MR) is 138 cm³/mol. The van der Waals surface area contributed by atoms with Gasteiger partial charge in [0.1, 0.15) is 11.6 Å². The molecule has 0 aliphatic carbocycles. The number of nitrogens with zero attached hydrogens (tertiary/aromatic N) is 4. The molecule has 0 atom stereocenters. The molecule has 0 bridgehead atoms. The zero-order valence-corrected chi connectivity index (χ0v) is 18.6. The molecule has 0 aliphatic heterocycles. The second kappa shape index (κ2) is 10.7. The van der Waals surface area contributed by atoms with Crippen LogP contribution in [0.5, 0.6) is 0 Å². The molecule has 0 spiro atoms. The van der Waals surface area contributed by atoms with Gasteiger partial charge in [0, 0.05) is 35.2 Å². The average molecular weight is 431 g/mol. The Hall–Kier alpha value is -4.44. The molecule has 0 N–H and O–H groups in total. The van der Waals surface area contributed by atoms with Gasteiger partial charge in [-0.1, -0.05) is 55.1 Å². The van der Waals surface area contributed by atoms with Crippen LogP contribution >= 0.6 is 0 Å². The summed E-state index contributed by atoms with van der Waals surface area (Å²) in [5.41, 5.74) is 4.24. The summed E-state index contributed by atoms with van der Waals surface area (Å²) in [6.07, 6.45) is 11.4. The molecule has 0 fully saturated rings. The lowest BCUT2D eigenvalue weighted by Crippen LogP contribution is -2.15. The van der Waals surface area contributed by atoms with Crippen molar-refractivity contribution in [2.75, 3.05) is 9.80 Å². The Morgan fingerprint density at radius 3 is 1.76 bits per heavy atom. The van der Waals surface area contributed by atoms with E-state index >= 15 is 0 Å². The van der Waals surface area contributed by atoms with Crippen LogP contribution in [0.2, 0.25) is 0 Å². The first-order valence-electron chi connectivity index (χ1n) is 10.8. The van der Waals surface area contributed by atoms with Crippen LogP contribution in [-0.4, -0.2) is 9.97 Å². The van der Waals surface area contributed by atoms with Gasteiger partial charge in [-0.2, -0.15) is 0 Å². The van der Waals surface area contributed by atoms with Gasteiger partial charge in [-0.25, -0.2) is 9.97 Å². The fourth-order valence-corrected chi connectivity index (χ4v) is 3.59. The number of hydrogen-bond acceptors (Lipinski definition) is 4. The third-order valence-electron chi connectivity index (χ3n) is 5.07. The molecule has 0 saturated heterocycles. The average Bonchev–Trinajstić information content (AvgIpc) is 2.87. The molecule has 0 amide bonds. The number of pyridine rings is 2. The summed E-state index contributed by atoms with van der Waals surface area (Å²) in [5, 5.41) is 0. The first-order valence-corrected chi connectivity index (χ1v) is 10.8. The second-order valence-corrected chi connectivity index (χ2v) is 7.33. The summed E-state index contributed by atoms with van der Waals surface area (Å²) >= 11 is 0. The quantitative estimate of drug-likeness (QED) is 0.268. The van der Waals surface area contributed by atoms with Crippen LogP contribution in [0.25, 0.3) is 0 Å². The lowest BCUT2D eigenvalue weighted by atomic mass is 10.2. The fourth-order valence-electron chi connectivity index (χ4n) is 3.59. The number of rotatable bonds is 8. The van der Waals surface area contributed by atoms with Gasteiger partial charge in [-0.15, -0.1) is 0 Å².